The van der Waals surface area contributed by atoms with Gasteiger partial charge in [0, 0.05) is 38.3 Å². The predicted molar refractivity (Wildman–Crippen MR) is 114 cm³/mol. The average Bonchev–Trinajstić information content (AvgIpc) is 2.64. The molecule has 0 saturated carbocycles. The molecule has 2 fully saturated rings. The monoisotopic (exact) mass is 441 g/mol. The maximum Gasteiger partial charge on any atom is 0.416 e. The Morgan fingerprint density at radius 1 is 1.29 bits per heavy atom. The summed E-state index contributed by atoms with van der Waals surface area (Å²) >= 11 is 0. The number of alkyl halides is 3. The molecule has 0 aromatic heterocycles. The standard InChI is InChI=1S/C23H34F3N3O2/c1-21(2,3)31-20(30)29-11-5-9-22(16-29,28-15-18-13-27-14-18)10-8-17-6-4-7-19(12-17)23(24,25)26/h4,6-7,12,18,27-28H,5,8-11,13-16H2,1-3H3. The van der Waals surface area contributed by atoms with E-state index in [0.29, 0.717) is 37.4 Å². The third-order valence-electron chi connectivity index (χ3n) is 6.01. The molecular formula is C23H34F3N3O2. The molecule has 1 unspecified atom stereocenters. The molecule has 2 saturated heterocycles. The number of aryl methyl sites for hydroxylation is 1. The maximum absolute atomic E-state index is 13.1. The first-order valence-electron chi connectivity index (χ1n) is 11.1. The molecule has 2 aliphatic rings. The van der Waals surface area contributed by atoms with E-state index in [-0.39, 0.29) is 11.6 Å². The Labute approximate surface area is 182 Å². The van der Waals surface area contributed by atoms with Gasteiger partial charge in [-0.05, 0) is 64.0 Å². The number of carbonyl (C=O) groups excluding carboxylic acids is 1. The number of nitrogens with one attached hydrogen (secondary N) is 2. The molecule has 8 heteroatoms. The normalized spacial score (nSPS) is 22.8. The van der Waals surface area contributed by atoms with Gasteiger partial charge in [0.05, 0.1) is 5.56 Å². The van der Waals surface area contributed by atoms with Gasteiger partial charge < -0.3 is 20.3 Å². The highest BCUT2D eigenvalue weighted by molar-refractivity contribution is 5.68. The summed E-state index contributed by atoms with van der Waals surface area (Å²) in [6.45, 7) is 9.43. The minimum absolute atomic E-state index is 0.331. The minimum Gasteiger partial charge on any atom is -0.444 e. The number of piperidine rings is 1. The highest BCUT2D eigenvalue weighted by Crippen LogP contribution is 2.32. The van der Waals surface area contributed by atoms with Gasteiger partial charge in [0.1, 0.15) is 5.60 Å². The smallest absolute Gasteiger partial charge is 0.416 e. The first-order chi connectivity index (χ1) is 14.5. The predicted octanol–water partition coefficient (Wildman–Crippen LogP) is 4.22. The van der Waals surface area contributed by atoms with Crippen LogP contribution in [0.3, 0.4) is 0 Å². The zero-order valence-electron chi connectivity index (χ0n) is 18.6. The molecule has 2 N–H and O–H groups in total. The number of benzene rings is 1. The van der Waals surface area contributed by atoms with Crippen LogP contribution in [0.25, 0.3) is 0 Å². The number of hydrogen-bond acceptors (Lipinski definition) is 4. The van der Waals surface area contributed by atoms with Crippen LogP contribution in [-0.2, 0) is 17.3 Å². The van der Waals surface area contributed by atoms with Crippen LogP contribution < -0.4 is 10.6 Å². The summed E-state index contributed by atoms with van der Waals surface area (Å²) in [4.78, 5) is 14.4. The first-order valence-corrected chi connectivity index (χ1v) is 11.1. The molecule has 3 rings (SSSR count). The molecule has 2 heterocycles. The number of nitrogens with zero attached hydrogens (tertiary/aromatic N) is 1. The largest absolute Gasteiger partial charge is 0.444 e. The van der Waals surface area contributed by atoms with Gasteiger partial charge in [0.2, 0.25) is 0 Å². The van der Waals surface area contributed by atoms with E-state index in [1.807, 2.05) is 20.8 Å². The van der Waals surface area contributed by atoms with Gasteiger partial charge in [-0.25, -0.2) is 4.79 Å². The van der Waals surface area contributed by atoms with Crippen molar-refractivity contribution in [3.05, 3.63) is 35.4 Å². The zero-order valence-corrected chi connectivity index (χ0v) is 18.6. The summed E-state index contributed by atoms with van der Waals surface area (Å²) in [5, 5.41) is 6.95. The van der Waals surface area contributed by atoms with Crippen LogP contribution in [0.4, 0.5) is 18.0 Å². The highest BCUT2D eigenvalue weighted by Gasteiger charge is 2.39. The number of rotatable bonds is 6. The Balaban J connectivity index is 1.71. The van der Waals surface area contributed by atoms with Crippen molar-refractivity contribution >= 4 is 6.09 Å². The molecule has 2 aliphatic heterocycles. The van der Waals surface area contributed by atoms with Gasteiger partial charge in [-0.3, -0.25) is 0 Å². The molecule has 0 spiro atoms. The third kappa shape index (κ3) is 6.84. The number of ether oxygens (including phenoxy) is 1. The van der Waals surface area contributed by atoms with Crippen molar-refractivity contribution in [3.63, 3.8) is 0 Å². The fourth-order valence-electron chi connectivity index (χ4n) is 4.19. The Morgan fingerprint density at radius 2 is 2.03 bits per heavy atom. The molecule has 1 aromatic rings. The lowest BCUT2D eigenvalue weighted by atomic mass is 9.82. The van der Waals surface area contributed by atoms with Crippen molar-refractivity contribution < 1.29 is 22.7 Å². The van der Waals surface area contributed by atoms with Crippen LogP contribution >= 0.6 is 0 Å². The quantitative estimate of drug-likeness (QED) is 0.694. The number of carbonyl (C=O) groups is 1. The summed E-state index contributed by atoms with van der Waals surface area (Å²) in [6.07, 6.45) is -1.79. The Morgan fingerprint density at radius 3 is 2.65 bits per heavy atom. The lowest BCUT2D eigenvalue weighted by Gasteiger charge is -2.45. The molecule has 1 amide bonds. The molecule has 1 aromatic carbocycles. The molecule has 5 nitrogen and oxygen atoms in total. The highest BCUT2D eigenvalue weighted by atomic mass is 19.4. The molecule has 1 atom stereocenters. The van der Waals surface area contributed by atoms with E-state index in [0.717, 1.165) is 38.5 Å². The minimum atomic E-state index is -4.35. The van der Waals surface area contributed by atoms with Crippen molar-refractivity contribution in [2.45, 2.75) is 63.8 Å². The molecule has 0 radical (unpaired) electrons. The van der Waals surface area contributed by atoms with Gasteiger partial charge in [0.15, 0.2) is 0 Å². The van der Waals surface area contributed by atoms with E-state index in [9.17, 15) is 18.0 Å². The Hall–Kier alpha value is -1.80. The summed E-state index contributed by atoms with van der Waals surface area (Å²) in [6, 6.07) is 5.55. The van der Waals surface area contributed by atoms with Crippen LogP contribution in [0, 0.1) is 5.92 Å². The van der Waals surface area contributed by atoms with E-state index >= 15 is 0 Å². The van der Waals surface area contributed by atoms with Crippen LogP contribution in [-0.4, -0.2) is 54.9 Å². The molecular weight excluding hydrogens is 407 g/mol. The maximum atomic E-state index is 13.1. The zero-order chi connectivity index (χ0) is 22.7. The van der Waals surface area contributed by atoms with Gasteiger partial charge in [0.25, 0.3) is 0 Å². The second-order valence-electron chi connectivity index (χ2n) is 9.89. The van der Waals surface area contributed by atoms with Gasteiger partial charge in [-0.15, -0.1) is 0 Å². The number of amides is 1. The van der Waals surface area contributed by atoms with E-state index < -0.39 is 17.3 Å². The number of halogens is 3. The van der Waals surface area contributed by atoms with Crippen molar-refractivity contribution in [1.29, 1.82) is 0 Å². The molecule has 174 valence electrons. The number of likely N-dealkylation sites (tertiary alicyclic amines) is 1. The van der Waals surface area contributed by atoms with Crippen molar-refractivity contribution in [2.24, 2.45) is 5.92 Å². The fourth-order valence-corrected chi connectivity index (χ4v) is 4.19. The lowest BCUT2D eigenvalue weighted by molar-refractivity contribution is -0.137. The van der Waals surface area contributed by atoms with Crippen LogP contribution in [0.5, 0.6) is 0 Å². The number of hydrogen-bond donors (Lipinski definition) is 2. The van der Waals surface area contributed by atoms with E-state index in [1.165, 1.54) is 12.1 Å². The van der Waals surface area contributed by atoms with E-state index in [4.69, 9.17) is 4.74 Å². The van der Waals surface area contributed by atoms with Gasteiger partial charge in [-0.1, -0.05) is 18.2 Å². The fraction of sp³-hybridized carbons (Fsp3) is 0.696. The van der Waals surface area contributed by atoms with E-state index in [2.05, 4.69) is 10.6 Å². The topological polar surface area (TPSA) is 53.6 Å². The van der Waals surface area contributed by atoms with Gasteiger partial charge >= 0.3 is 12.3 Å². The molecule has 31 heavy (non-hydrogen) atoms. The summed E-state index contributed by atoms with van der Waals surface area (Å²) < 4.78 is 44.8. The van der Waals surface area contributed by atoms with Crippen LogP contribution in [0.2, 0.25) is 0 Å². The average molecular weight is 442 g/mol. The van der Waals surface area contributed by atoms with Crippen molar-refractivity contribution in [1.82, 2.24) is 15.5 Å². The van der Waals surface area contributed by atoms with Crippen LogP contribution in [0.15, 0.2) is 24.3 Å². The second kappa shape index (κ2) is 9.36. The van der Waals surface area contributed by atoms with Gasteiger partial charge in [-0.2, -0.15) is 13.2 Å². The summed E-state index contributed by atoms with van der Waals surface area (Å²) in [7, 11) is 0. The second-order valence-corrected chi connectivity index (χ2v) is 9.89. The van der Waals surface area contributed by atoms with Crippen molar-refractivity contribution in [2.75, 3.05) is 32.7 Å². The van der Waals surface area contributed by atoms with Crippen LogP contribution in [0.1, 0.15) is 51.2 Å². The van der Waals surface area contributed by atoms with E-state index in [1.54, 1.807) is 11.0 Å². The summed E-state index contributed by atoms with van der Waals surface area (Å²) in [5.74, 6) is 0.544. The lowest BCUT2D eigenvalue weighted by Crippen LogP contribution is -2.61. The van der Waals surface area contributed by atoms with Crippen molar-refractivity contribution in [3.8, 4) is 0 Å². The molecule has 0 bridgehead atoms. The first kappa shape index (κ1) is 23.9. The third-order valence-corrected chi connectivity index (χ3v) is 6.01. The molecule has 0 aliphatic carbocycles. The summed E-state index contributed by atoms with van der Waals surface area (Å²) in [5.41, 5.74) is -0.860. The SMILES string of the molecule is CC(C)(C)OC(=O)N1CCCC(CCc2cccc(C(F)(F)F)c2)(NCC2CNC2)C1. The Bertz CT molecular complexity index is 759. The Kier molecular flexibility index (Phi) is 7.21.